The van der Waals surface area contributed by atoms with Gasteiger partial charge in [-0.1, -0.05) is 35.5 Å². The van der Waals surface area contributed by atoms with Gasteiger partial charge in [-0.05, 0) is 30.3 Å². The van der Waals surface area contributed by atoms with Crippen molar-refractivity contribution >= 4 is 40.9 Å². The quantitative estimate of drug-likeness (QED) is 0.458. The third-order valence-corrected chi connectivity index (χ3v) is 5.81. The molecule has 1 aromatic heterocycles. The summed E-state index contributed by atoms with van der Waals surface area (Å²) in [6.45, 7) is 0.170. The average Bonchev–Trinajstić information content (AvgIpc) is 3.16. The Morgan fingerprint density at radius 3 is 2.56 bits per heavy atom. The number of hydrogen-bond donors (Lipinski definition) is 2. The Balaban J connectivity index is 1.55. The highest BCUT2D eigenvalue weighted by atomic mass is 35.5. The molecule has 32 heavy (non-hydrogen) atoms. The van der Waals surface area contributed by atoms with Crippen LogP contribution in [0.25, 0.3) is 0 Å². The SMILES string of the molecule is COc1ccc(C(=O)NCc2nnc(SCC(=O)Nc3ccccc3Cl)n2C)cc1OC. The largest absolute Gasteiger partial charge is 0.493 e. The van der Waals surface area contributed by atoms with Crippen LogP contribution in [-0.2, 0) is 18.4 Å². The minimum absolute atomic E-state index is 0.134. The lowest BCUT2D eigenvalue weighted by molar-refractivity contribution is -0.113. The maximum absolute atomic E-state index is 12.5. The van der Waals surface area contributed by atoms with E-state index in [2.05, 4.69) is 20.8 Å². The number of hydrogen-bond acceptors (Lipinski definition) is 7. The van der Waals surface area contributed by atoms with E-state index < -0.39 is 0 Å². The lowest BCUT2D eigenvalue weighted by Crippen LogP contribution is -2.24. The van der Waals surface area contributed by atoms with Crippen molar-refractivity contribution in [3.05, 3.63) is 58.9 Å². The van der Waals surface area contributed by atoms with E-state index in [1.54, 1.807) is 54.1 Å². The summed E-state index contributed by atoms with van der Waals surface area (Å²) in [4.78, 5) is 24.7. The zero-order chi connectivity index (χ0) is 23.1. The summed E-state index contributed by atoms with van der Waals surface area (Å²) in [6, 6.07) is 11.9. The number of anilines is 1. The van der Waals surface area contributed by atoms with Gasteiger partial charge in [0.2, 0.25) is 5.91 Å². The fraction of sp³-hybridized carbons (Fsp3) is 0.238. The number of para-hydroxylation sites is 1. The van der Waals surface area contributed by atoms with Crippen LogP contribution < -0.4 is 20.1 Å². The van der Waals surface area contributed by atoms with E-state index in [1.165, 1.54) is 26.0 Å². The molecular weight excluding hydrogens is 454 g/mol. The van der Waals surface area contributed by atoms with Gasteiger partial charge in [-0.2, -0.15) is 0 Å². The molecule has 0 saturated carbocycles. The van der Waals surface area contributed by atoms with Gasteiger partial charge in [0.25, 0.3) is 5.91 Å². The van der Waals surface area contributed by atoms with Crippen LogP contribution in [0.5, 0.6) is 11.5 Å². The topological polar surface area (TPSA) is 107 Å². The molecular formula is C21H22ClN5O4S. The molecule has 2 amide bonds. The van der Waals surface area contributed by atoms with Gasteiger partial charge in [0.1, 0.15) is 0 Å². The normalized spacial score (nSPS) is 10.5. The molecule has 2 aromatic carbocycles. The van der Waals surface area contributed by atoms with Crippen molar-refractivity contribution in [2.24, 2.45) is 7.05 Å². The number of aromatic nitrogens is 3. The number of methoxy groups -OCH3 is 2. The molecule has 3 aromatic rings. The molecule has 1 heterocycles. The first-order valence-corrected chi connectivity index (χ1v) is 10.8. The van der Waals surface area contributed by atoms with Crippen LogP contribution >= 0.6 is 23.4 Å². The van der Waals surface area contributed by atoms with Crippen molar-refractivity contribution in [3.63, 3.8) is 0 Å². The number of halogens is 1. The first-order valence-electron chi connectivity index (χ1n) is 9.48. The highest BCUT2D eigenvalue weighted by molar-refractivity contribution is 7.99. The molecule has 9 nitrogen and oxygen atoms in total. The molecule has 0 saturated heterocycles. The van der Waals surface area contributed by atoms with E-state index >= 15 is 0 Å². The van der Waals surface area contributed by atoms with Gasteiger partial charge in [0.05, 0.1) is 37.2 Å². The molecule has 0 bridgehead atoms. The Morgan fingerprint density at radius 1 is 1.09 bits per heavy atom. The van der Waals surface area contributed by atoms with Crippen LogP contribution in [0.15, 0.2) is 47.6 Å². The zero-order valence-electron chi connectivity index (χ0n) is 17.7. The van der Waals surface area contributed by atoms with Crippen LogP contribution in [-0.4, -0.2) is 46.6 Å². The molecule has 0 fully saturated rings. The number of carbonyl (C=O) groups excluding carboxylic acids is 2. The smallest absolute Gasteiger partial charge is 0.251 e. The Morgan fingerprint density at radius 2 is 1.84 bits per heavy atom. The highest BCUT2D eigenvalue weighted by Gasteiger charge is 2.15. The van der Waals surface area contributed by atoms with Crippen molar-refractivity contribution in [2.75, 3.05) is 25.3 Å². The monoisotopic (exact) mass is 475 g/mol. The van der Waals surface area contributed by atoms with Gasteiger partial charge < -0.3 is 24.7 Å². The second-order valence-electron chi connectivity index (χ2n) is 6.53. The van der Waals surface area contributed by atoms with E-state index in [0.29, 0.717) is 38.8 Å². The summed E-state index contributed by atoms with van der Waals surface area (Å²) in [7, 11) is 4.81. The van der Waals surface area contributed by atoms with E-state index in [0.717, 1.165) is 0 Å². The van der Waals surface area contributed by atoms with Crippen molar-refractivity contribution in [2.45, 2.75) is 11.7 Å². The molecule has 11 heteroatoms. The van der Waals surface area contributed by atoms with E-state index in [9.17, 15) is 9.59 Å². The maximum Gasteiger partial charge on any atom is 0.251 e. The van der Waals surface area contributed by atoms with Gasteiger partial charge in [0.15, 0.2) is 22.5 Å². The second kappa shape index (κ2) is 10.9. The number of ether oxygens (including phenoxy) is 2. The molecule has 0 aliphatic heterocycles. The van der Waals surface area contributed by atoms with Gasteiger partial charge in [-0.25, -0.2) is 0 Å². The van der Waals surface area contributed by atoms with Crippen LogP contribution in [0, 0.1) is 0 Å². The summed E-state index contributed by atoms with van der Waals surface area (Å²) < 4.78 is 12.1. The molecule has 0 aliphatic rings. The third kappa shape index (κ3) is 5.71. The molecule has 2 N–H and O–H groups in total. The Hall–Kier alpha value is -3.24. The number of nitrogens with zero attached hydrogens (tertiary/aromatic N) is 3. The first kappa shape index (κ1) is 23.4. The predicted molar refractivity (Wildman–Crippen MR) is 123 cm³/mol. The third-order valence-electron chi connectivity index (χ3n) is 4.46. The Bertz CT molecular complexity index is 1120. The van der Waals surface area contributed by atoms with Gasteiger partial charge in [0, 0.05) is 12.6 Å². The lowest BCUT2D eigenvalue weighted by Gasteiger charge is -2.10. The predicted octanol–water partition coefficient (Wildman–Crippen LogP) is 3.15. The van der Waals surface area contributed by atoms with E-state index in [4.69, 9.17) is 21.1 Å². The molecule has 0 unspecified atom stereocenters. The van der Waals surface area contributed by atoms with E-state index in [1.807, 2.05) is 0 Å². The highest BCUT2D eigenvalue weighted by Crippen LogP contribution is 2.27. The number of thioether (sulfide) groups is 1. The van der Waals surface area contributed by atoms with Gasteiger partial charge in [-0.3, -0.25) is 9.59 Å². The minimum Gasteiger partial charge on any atom is -0.493 e. The van der Waals surface area contributed by atoms with Crippen molar-refractivity contribution in [1.29, 1.82) is 0 Å². The lowest BCUT2D eigenvalue weighted by atomic mass is 10.2. The average molecular weight is 476 g/mol. The number of benzene rings is 2. The minimum atomic E-state index is -0.290. The van der Waals surface area contributed by atoms with Crippen molar-refractivity contribution < 1.29 is 19.1 Å². The molecule has 0 radical (unpaired) electrons. The number of amides is 2. The van der Waals surface area contributed by atoms with Crippen LogP contribution in [0.1, 0.15) is 16.2 Å². The molecule has 0 spiro atoms. The Kier molecular flexibility index (Phi) is 7.96. The van der Waals surface area contributed by atoms with E-state index in [-0.39, 0.29) is 24.1 Å². The maximum atomic E-state index is 12.5. The fourth-order valence-corrected chi connectivity index (χ4v) is 3.66. The fourth-order valence-electron chi connectivity index (χ4n) is 2.74. The summed E-state index contributed by atoms with van der Waals surface area (Å²) in [5.74, 6) is 1.18. The number of nitrogens with one attached hydrogen (secondary N) is 2. The number of carbonyl (C=O) groups is 2. The summed E-state index contributed by atoms with van der Waals surface area (Å²) in [6.07, 6.45) is 0. The second-order valence-corrected chi connectivity index (χ2v) is 7.88. The van der Waals surface area contributed by atoms with Crippen LogP contribution in [0.2, 0.25) is 5.02 Å². The summed E-state index contributed by atoms with van der Waals surface area (Å²) >= 11 is 7.29. The molecule has 3 rings (SSSR count). The van der Waals surface area contributed by atoms with Crippen LogP contribution in [0.4, 0.5) is 5.69 Å². The standard InChI is InChI=1S/C21H22ClN5O4S/c1-27-18(11-23-20(29)13-8-9-16(30-2)17(10-13)31-3)25-26-21(27)32-12-19(28)24-15-7-5-4-6-14(15)22/h4-10H,11-12H2,1-3H3,(H,23,29)(H,24,28). The Labute approximate surface area is 194 Å². The van der Waals surface area contributed by atoms with Crippen molar-refractivity contribution in [3.8, 4) is 11.5 Å². The van der Waals surface area contributed by atoms with Crippen molar-refractivity contribution in [1.82, 2.24) is 20.1 Å². The summed E-state index contributed by atoms with van der Waals surface area (Å²) in [5.41, 5.74) is 0.979. The summed E-state index contributed by atoms with van der Waals surface area (Å²) in [5, 5.41) is 14.8. The zero-order valence-corrected chi connectivity index (χ0v) is 19.3. The van der Waals surface area contributed by atoms with Gasteiger partial charge in [-0.15, -0.1) is 10.2 Å². The van der Waals surface area contributed by atoms with Gasteiger partial charge >= 0.3 is 0 Å². The van der Waals surface area contributed by atoms with Crippen LogP contribution in [0.3, 0.4) is 0 Å². The molecule has 168 valence electrons. The number of rotatable bonds is 9. The molecule has 0 aliphatic carbocycles. The molecule has 0 atom stereocenters. The first-order chi connectivity index (χ1) is 15.4.